The number of ether oxygens (including phenoxy) is 1. The lowest BCUT2D eigenvalue weighted by atomic mass is 9.79. The summed E-state index contributed by atoms with van der Waals surface area (Å²) in [6.45, 7) is 5.03. The van der Waals surface area contributed by atoms with E-state index >= 15 is 0 Å². The topological polar surface area (TPSA) is 35.2 Å². The normalized spacial score (nSPS) is 26.3. The first kappa shape index (κ1) is 20.5. The minimum Gasteiger partial charge on any atom is -0.494 e. The van der Waals surface area contributed by atoms with Crippen LogP contribution in [0.2, 0.25) is 0 Å². The average Bonchev–Trinajstić information content (AvgIpc) is 3.16. The lowest BCUT2D eigenvalue weighted by Gasteiger charge is -2.26. The minimum absolute atomic E-state index is 0.0729. The third-order valence-corrected chi connectivity index (χ3v) is 7.47. The summed E-state index contributed by atoms with van der Waals surface area (Å²) in [6, 6.07) is 15.9. The van der Waals surface area contributed by atoms with Crippen LogP contribution in [0, 0.1) is 5.92 Å². The lowest BCUT2D eigenvalue weighted by Crippen LogP contribution is -2.35. The Hall–Kier alpha value is -1.80. The molecule has 0 aliphatic heterocycles. The van der Waals surface area contributed by atoms with Crippen LogP contribution in [0.3, 0.4) is 0 Å². The largest absolute Gasteiger partial charge is 0.494 e. The Bertz CT molecular complexity index is 829. The molecule has 156 valence electrons. The van der Waals surface area contributed by atoms with E-state index in [1.165, 1.54) is 49.7 Å². The van der Waals surface area contributed by atoms with Crippen molar-refractivity contribution < 1.29 is 4.74 Å². The van der Waals surface area contributed by atoms with Gasteiger partial charge in [-0.15, -0.1) is 0 Å². The maximum Gasteiger partial charge on any atom is 0.122 e. The number of nitrogens with two attached hydrogens (primary N) is 1. The Morgan fingerprint density at radius 2 is 1.93 bits per heavy atom. The van der Waals surface area contributed by atoms with Crippen molar-refractivity contribution in [1.29, 1.82) is 0 Å². The van der Waals surface area contributed by atoms with Crippen molar-refractivity contribution in [2.24, 2.45) is 11.7 Å². The van der Waals surface area contributed by atoms with Gasteiger partial charge in [0.05, 0.1) is 6.61 Å². The predicted molar refractivity (Wildman–Crippen MR) is 122 cm³/mol. The van der Waals surface area contributed by atoms with E-state index in [9.17, 15) is 0 Å². The van der Waals surface area contributed by atoms with E-state index in [0.717, 1.165) is 37.5 Å². The van der Waals surface area contributed by atoms with E-state index in [4.69, 9.17) is 10.5 Å². The third-order valence-electron chi connectivity index (χ3n) is 7.47. The van der Waals surface area contributed by atoms with Crippen LogP contribution in [-0.4, -0.2) is 12.1 Å². The van der Waals surface area contributed by atoms with Crippen molar-refractivity contribution in [2.75, 3.05) is 6.61 Å². The fourth-order valence-corrected chi connectivity index (χ4v) is 5.48. The van der Waals surface area contributed by atoms with Gasteiger partial charge in [-0.05, 0) is 105 Å². The van der Waals surface area contributed by atoms with E-state index < -0.39 is 0 Å². The summed E-state index contributed by atoms with van der Waals surface area (Å²) in [5.41, 5.74) is 12.7. The molecule has 0 heterocycles. The molecule has 3 atom stereocenters. The van der Waals surface area contributed by atoms with Gasteiger partial charge in [-0.2, -0.15) is 0 Å². The van der Waals surface area contributed by atoms with Gasteiger partial charge in [-0.25, -0.2) is 0 Å². The number of rotatable bonds is 7. The van der Waals surface area contributed by atoms with E-state index in [2.05, 4.69) is 56.3 Å². The van der Waals surface area contributed by atoms with Gasteiger partial charge in [0.2, 0.25) is 0 Å². The van der Waals surface area contributed by atoms with E-state index in [0.29, 0.717) is 5.92 Å². The molecular formula is C27H37NO. The summed E-state index contributed by atoms with van der Waals surface area (Å²) in [4.78, 5) is 0. The first-order chi connectivity index (χ1) is 14.1. The number of fused-ring (bicyclic) bond motifs is 1. The second kappa shape index (κ2) is 8.92. The molecule has 2 aliphatic carbocycles. The molecule has 0 radical (unpaired) electrons. The fraction of sp³-hybridized carbons (Fsp3) is 0.556. The van der Waals surface area contributed by atoms with E-state index in [1.54, 1.807) is 11.1 Å². The molecule has 0 saturated heterocycles. The maximum atomic E-state index is 6.54. The predicted octanol–water partition coefficient (Wildman–Crippen LogP) is 6.20. The average molecular weight is 392 g/mol. The number of para-hydroxylation sites is 1. The number of aryl methyl sites for hydroxylation is 2. The van der Waals surface area contributed by atoms with Crippen LogP contribution in [0.5, 0.6) is 5.75 Å². The first-order valence-electron chi connectivity index (χ1n) is 11.7. The zero-order valence-corrected chi connectivity index (χ0v) is 18.3. The zero-order chi connectivity index (χ0) is 20.3. The highest BCUT2D eigenvalue weighted by Crippen LogP contribution is 2.42. The molecule has 2 nitrogen and oxygen atoms in total. The molecule has 0 amide bonds. The van der Waals surface area contributed by atoms with Crippen molar-refractivity contribution >= 4 is 0 Å². The van der Waals surface area contributed by atoms with Crippen LogP contribution in [0.25, 0.3) is 0 Å². The van der Waals surface area contributed by atoms with Crippen LogP contribution in [0.1, 0.15) is 80.5 Å². The van der Waals surface area contributed by atoms with Crippen molar-refractivity contribution in [3.8, 4) is 5.75 Å². The fourth-order valence-electron chi connectivity index (χ4n) is 5.48. The monoisotopic (exact) mass is 391 g/mol. The number of hydrogen-bond acceptors (Lipinski definition) is 2. The van der Waals surface area contributed by atoms with Crippen molar-refractivity contribution in [1.82, 2.24) is 0 Å². The quantitative estimate of drug-likeness (QED) is 0.610. The van der Waals surface area contributed by atoms with Gasteiger partial charge in [-0.3, -0.25) is 0 Å². The molecule has 2 heteroatoms. The van der Waals surface area contributed by atoms with Gasteiger partial charge in [0, 0.05) is 5.54 Å². The van der Waals surface area contributed by atoms with E-state index in [-0.39, 0.29) is 5.54 Å². The third kappa shape index (κ3) is 4.69. The van der Waals surface area contributed by atoms with Crippen LogP contribution in [0.4, 0.5) is 0 Å². The molecule has 0 aromatic heterocycles. The Morgan fingerprint density at radius 3 is 2.72 bits per heavy atom. The Labute approximate surface area is 176 Å². The molecule has 4 rings (SSSR count). The van der Waals surface area contributed by atoms with Crippen molar-refractivity contribution in [3.63, 3.8) is 0 Å². The molecule has 2 aliphatic rings. The van der Waals surface area contributed by atoms with Crippen molar-refractivity contribution in [2.45, 2.75) is 83.1 Å². The molecule has 2 N–H and O–H groups in total. The molecule has 1 saturated carbocycles. The van der Waals surface area contributed by atoms with E-state index in [1.807, 2.05) is 0 Å². The highest BCUT2D eigenvalue weighted by molar-refractivity contribution is 5.37. The number of hydrogen-bond donors (Lipinski definition) is 1. The summed E-state index contributed by atoms with van der Waals surface area (Å²) < 4.78 is 5.81. The van der Waals surface area contributed by atoms with Gasteiger partial charge in [0.1, 0.15) is 5.75 Å². The van der Waals surface area contributed by atoms with Crippen LogP contribution in [-0.2, 0) is 19.3 Å². The standard InChI is InChI=1S/C27H37NO/c1-3-27(28)16-15-25(19-27)24-14-13-22-17-20(10-12-23(22)18-24)9-11-21-7-5-6-8-26(21)29-4-2/h5-8,13-14,18,20,25H,3-4,9-12,15-17,19,28H2,1-2H3/t20-,25-,27-/m1/s1. The van der Waals surface area contributed by atoms with Gasteiger partial charge < -0.3 is 10.5 Å². The van der Waals surface area contributed by atoms with Crippen LogP contribution >= 0.6 is 0 Å². The minimum atomic E-state index is 0.0729. The Kier molecular flexibility index (Phi) is 6.29. The van der Waals surface area contributed by atoms with Gasteiger partial charge in [-0.1, -0.05) is 43.3 Å². The molecule has 2 aromatic rings. The summed E-state index contributed by atoms with van der Waals surface area (Å²) >= 11 is 0. The summed E-state index contributed by atoms with van der Waals surface area (Å²) in [5, 5.41) is 0. The Morgan fingerprint density at radius 1 is 1.07 bits per heavy atom. The summed E-state index contributed by atoms with van der Waals surface area (Å²) in [6.07, 6.45) is 10.8. The SMILES string of the molecule is CCOc1ccccc1CC[C@@H]1CCc2cc([C@@H]3CC[C@](N)(CC)C3)ccc2C1. The maximum absolute atomic E-state index is 6.54. The van der Waals surface area contributed by atoms with Gasteiger partial charge in [0.15, 0.2) is 0 Å². The summed E-state index contributed by atoms with van der Waals surface area (Å²) in [7, 11) is 0. The molecule has 0 unspecified atom stereocenters. The smallest absolute Gasteiger partial charge is 0.122 e. The zero-order valence-electron chi connectivity index (χ0n) is 18.3. The first-order valence-corrected chi connectivity index (χ1v) is 11.7. The van der Waals surface area contributed by atoms with Crippen LogP contribution < -0.4 is 10.5 Å². The lowest BCUT2D eigenvalue weighted by molar-refractivity contribution is 0.334. The molecular weight excluding hydrogens is 354 g/mol. The molecule has 0 spiro atoms. The Balaban J connectivity index is 1.37. The van der Waals surface area contributed by atoms with Crippen LogP contribution in [0.15, 0.2) is 42.5 Å². The van der Waals surface area contributed by atoms with Crippen molar-refractivity contribution in [3.05, 3.63) is 64.7 Å². The second-order valence-corrected chi connectivity index (χ2v) is 9.37. The molecule has 29 heavy (non-hydrogen) atoms. The summed E-state index contributed by atoms with van der Waals surface area (Å²) in [5.74, 6) is 2.51. The highest BCUT2D eigenvalue weighted by Gasteiger charge is 2.35. The number of benzene rings is 2. The van der Waals surface area contributed by atoms with Gasteiger partial charge >= 0.3 is 0 Å². The second-order valence-electron chi connectivity index (χ2n) is 9.37. The molecule has 1 fully saturated rings. The molecule has 0 bridgehead atoms. The van der Waals surface area contributed by atoms with Gasteiger partial charge in [0.25, 0.3) is 0 Å². The highest BCUT2D eigenvalue weighted by atomic mass is 16.5. The molecule has 2 aromatic carbocycles.